The minimum atomic E-state index is -0.479. The van der Waals surface area contributed by atoms with Crippen LogP contribution < -0.4 is 5.32 Å². The molecule has 22 heavy (non-hydrogen) atoms. The molecule has 0 radical (unpaired) electrons. The van der Waals surface area contributed by atoms with E-state index in [1.165, 1.54) is 11.0 Å². The Hall–Kier alpha value is -2.11. The first-order chi connectivity index (χ1) is 10.3. The largest absolute Gasteiger partial charge is 0.444 e. The third-order valence-corrected chi connectivity index (χ3v) is 4.50. The highest BCUT2D eigenvalue weighted by Gasteiger charge is 2.23. The molecule has 0 aromatic carbocycles. The Balaban J connectivity index is 2.35. The third-order valence-electron chi connectivity index (χ3n) is 2.88. The number of anilines is 1. The van der Waals surface area contributed by atoms with Crippen LogP contribution in [0.5, 0.6) is 0 Å². The monoisotopic (exact) mass is 381 g/mol. The molecule has 0 bridgehead atoms. The van der Waals surface area contributed by atoms with Crippen LogP contribution in [0.3, 0.4) is 0 Å². The predicted molar refractivity (Wildman–Crippen MR) is 86.1 cm³/mol. The Bertz CT molecular complexity index is 786. The van der Waals surface area contributed by atoms with E-state index >= 15 is 0 Å². The first-order valence-electron chi connectivity index (χ1n) is 6.17. The maximum absolute atomic E-state index is 12.1. The molecule has 0 saturated heterocycles. The standard InChI is InChI=1S/C14H12BrN3O3S/c1-7-8(6-16)13(22-11(7)14(20)18(2)3)17-12(19)9-4-5-10(15)21-9/h4-5H,1-3H3,(H,17,19). The van der Waals surface area contributed by atoms with E-state index in [0.717, 1.165) is 11.3 Å². The molecule has 0 aliphatic heterocycles. The fourth-order valence-corrected chi connectivity index (χ4v) is 3.22. The van der Waals surface area contributed by atoms with Gasteiger partial charge in [-0.25, -0.2) is 0 Å². The second-order valence-electron chi connectivity index (χ2n) is 4.63. The summed E-state index contributed by atoms with van der Waals surface area (Å²) >= 11 is 4.20. The highest BCUT2D eigenvalue weighted by Crippen LogP contribution is 2.33. The van der Waals surface area contributed by atoms with Crippen LogP contribution in [0.25, 0.3) is 0 Å². The van der Waals surface area contributed by atoms with Gasteiger partial charge in [0.2, 0.25) is 0 Å². The van der Waals surface area contributed by atoms with Crippen LogP contribution in [0, 0.1) is 18.3 Å². The molecule has 0 fully saturated rings. The van der Waals surface area contributed by atoms with Crippen molar-refractivity contribution >= 4 is 44.1 Å². The second kappa shape index (κ2) is 6.34. The Kier molecular flexibility index (Phi) is 4.68. The molecule has 0 aliphatic carbocycles. The zero-order valence-electron chi connectivity index (χ0n) is 12.1. The van der Waals surface area contributed by atoms with E-state index in [0.29, 0.717) is 20.1 Å². The molecule has 2 heterocycles. The summed E-state index contributed by atoms with van der Waals surface area (Å²) in [5, 5.41) is 12.2. The summed E-state index contributed by atoms with van der Waals surface area (Å²) in [6.45, 7) is 1.69. The number of rotatable bonds is 3. The molecular formula is C14H12BrN3O3S. The number of nitrogens with one attached hydrogen (secondary N) is 1. The van der Waals surface area contributed by atoms with Gasteiger partial charge in [0, 0.05) is 14.1 Å². The lowest BCUT2D eigenvalue weighted by atomic mass is 10.1. The topological polar surface area (TPSA) is 86.3 Å². The average Bonchev–Trinajstić information content (AvgIpc) is 3.02. The van der Waals surface area contributed by atoms with Crippen LogP contribution in [0.1, 0.15) is 31.4 Å². The van der Waals surface area contributed by atoms with Crippen LogP contribution in [0.15, 0.2) is 21.2 Å². The molecule has 2 aromatic heterocycles. The van der Waals surface area contributed by atoms with E-state index < -0.39 is 5.91 Å². The number of nitrogens with zero attached hydrogens (tertiary/aromatic N) is 2. The van der Waals surface area contributed by atoms with Gasteiger partial charge in [-0.2, -0.15) is 5.26 Å². The average molecular weight is 382 g/mol. The van der Waals surface area contributed by atoms with Gasteiger partial charge in [0.25, 0.3) is 11.8 Å². The molecule has 8 heteroatoms. The van der Waals surface area contributed by atoms with Gasteiger partial charge in [-0.15, -0.1) is 11.3 Å². The molecule has 0 unspecified atom stereocenters. The van der Waals surface area contributed by atoms with E-state index in [1.807, 2.05) is 6.07 Å². The molecular weight excluding hydrogens is 370 g/mol. The first-order valence-corrected chi connectivity index (χ1v) is 7.78. The number of carbonyl (C=O) groups is 2. The van der Waals surface area contributed by atoms with Crippen molar-refractivity contribution in [1.82, 2.24) is 4.90 Å². The highest BCUT2D eigenvalue weighted by molar-refractivity contribution is 9.10. The van der Waals surface area contributed by atoms with Crippen molar-refractivity contribution in [2.24, 2.45) is 0 Å². The van der Waals surface area contributed by atoms with Gasteiger partial charge < -0.3 is 14.6 Å². The van der Waals surface area contributed by atoms with E-state index in [2.05, 4.69) is 21.2 Å². The Labute approximate surface area is 139 Å². The van der Waals surface area contributed by atoms with Gasteiger partial charge in [-0.05, 0) is 40.5 Å². The summed E-state index contributed by atoms with van der Waals surface area (Å²) < 4.78 is 5.60. The number of hydrogen-bond acceptors (Lipinski definition) is 5. The lowest BCUT2D eigenvalue weighted by Crippen LogP contribution is -2.21. The molecule has 0 aliphatic rings. The molecule has 6 nitrogen and oxygen atoms in total. The maximum Gasteiger partial charge on any atom is 0.292 e. The number of carbonyl (C=O) groups excluding carboxylic acids is 2. The van der Waals surface area contributed by atoms with Gasteiger partial charge in [0.15, 0.2) is 10.4 Å². The van der Waals surface area contributed by atoms with E-state index in [4.69, 9.17) is 4.42 Å². The molecule has 114 valence electrons. The molecule has 0 spiro atoms. The number of hydrogen-bond donors (Lipinski definition) is 1. The molecule has 0 saturated carbocycles. The molecule has 2 rings (SSSR count). The summed E-state index contributed by atoms with van der Waals surface area (Å²) in [6, 6.07) is 5.13. The fraction of sp³-hybridized carbons (Fsp3) is 0.214. The van der Waals surface area contributed by atoms with Gasteiger partial charge in [0.1, 0.15) is 11.1 Å². The van der Waals surface area contributed by atoms with Crippen molar-refractivity contribution in [3.8, 4) is 6.07 Å². The van der Waals surface area contributed by atoms with Crippen molar-refractivity contribution in [2.45, 2.75) is 6.92 Å². The Morgan fingerprint density at radius 3 is 2.59 bits per heavy atom. The van der Waals surface area contributed by atoms with Crippen LogP contribution in [0.2, 0.25) is 0 Å². The lowest BCUT2D eigenvalue weighted by Gasteiger charge is -2.08. The van der Waals surface area contributed by atoms with Crippen molar-refractivity contribution < 1.29 is 14.0 Å². The minimum absolute atomic E-state index is 0.113. The van der Waals surface area contributed by atoms with Crippen LogP contribution >= 0.6 is 27.3 Å². The SMILES string of the molecule is Cc1c(C(=O)N(C)C)sc(NC(=O)c2ccc(Br)o2)c1C#N. The highest BCUT2D eigenvalue weighted by atomic mass is 79.9. The normalized spacial score (nSPS) is 10.1. The lowest BCUT2D eigenvalue weighted by molar-refractivity contribution is 0.0831. The Morgan fingerprint density at radius 2 is 2.09 bits per heavy atom. The Morgan fingerprint density at radius 1 is 1.41 bits per heavy atom. The van der Waals surface area contributed by atoms with Crippen molar-refractivity contribution in [1.29, 1.82) is 5.26 Å². The molecule has 1 N–H and O–H groups in total. The van der Waals surface area contributed by atoms with Gasteiger partial charge >= 0.3 is 0 Å². The summed E-state index contributed by atoms with van der Waals surface area (Å²) in [4.78, 5) is 26.0. The van der Waals surface area contributed by atoms with Crippen molar-refractivity contribution in [3.05, 3.63) is 38.6 Å². The zero-order chi connectivity index (χ0) is 16.4. The third kappa shape index (κ3) is 3.05. The van der Waals surface area contributed by atoms with Crippen LogP contribution in [0.4, 0.5) is 5.00 Å². The zero-order valence-corrected chi connectivity index (χ0v) is 14.5. The summed E-state index contributed by atoms with van der Waals surface area (Å²) in [5.41, 5.74) is 0.844. The van der Waals surface area contributed by atoms with E-state index in [9.17, 15) is 14.9 Å². The van der Waals surface area contributed by atoms with Gasteiger partial charge in [0.05, 0.1) is 10.4 Å². The van der Waals surface area contributed by atoms with Crippen molar-refractivity contribution in [3.63, 3.8) is 0 Å². The fourth-order valence-electron chi connectivity index (χ4n) is 1.74. The van der Waals surface area contributed by atoms with Crippen LogP contribution in [-0.2, 0) is 0 Å². The van der Waals surface area contributed by atoms with Gasteiger partial charge in [-0.1, -0.05) is 0 Å². The van der Waals surface area contributed by atoms with E-state index in [1.54, 1.807) is 27.1 Å². The number of nitriles is 1. The number of furan rings is 1. The summed E-state index contributed by atoms with van der Waals surface area (Å²) in [6.07, 6.45) is 0. The summed E-state index contributed by atoms with van der Waals surface area (Å²) in [5.74, 6) is -0.574. The number of thiophene rings is 1. The summed E-state index contributed by atoms with van der Waals surface area (Å²) in [7, 11) is 3.26. The van der Waals surface area contributed by atoms with Gasteiger partial charge in [-0.3, -0.25) is 9.59 Å². The second-order valence-corrected chi connectivity index (χ2v) is 6.43. The maximum atomic E-state index is 12.1. The number of amides is 2. The minimum Gasteiger partial charge on any atom is -0.444 e. The van der Waals surface area contributed by atoms with E-state index in [-0.39, 0.29) is 17.2 Å². The smallest absolute Gasteiger partial charge is 0.292 e. The van der Waals surface area contributed by atoms with Crippen molar-refractivity contribution in [2.75, 3.05) is 19.4 Å². The molecule has 2 aromatic rings. The quantitative estimate of drug-likeness (QED) is 0.883. The predicted octanol–water partition coefficient (Wildman–Crippen LogP) is 3.24. The van der Waals surface area contributed by atoms with Crippen LogP contribution in [-0.4, -0.2) is 30.8 Å². The molecule has 2 amide bonds. The first kappa shape index (κ1) is 16.3. The number of halogens is 1. The molecule has 0 atom stereocenters.